The zero-order chi connectivity index (χ0) is 8.43. The van der Waals surface area contributed by atoms with E-state index in [1.807, 2.05) is 0 Å². The highest BCUT2D eigenvalue weighted by molar-refractivity contribution is 6.40. The number of ether oxygens (including phenoxy) is 1. The Hall–Kier alpha value is -1.39. The van der Waals surface area contributed by atoms with E-state index in [4.69, 9.17) is 0 Å². The molecule has 60 valence electrons. The number of amides is 1. The first-order valence-corrected chi connectivity index (χ1v) is 3.07. The van der Waals surface area contributed by atoms with E-state index in [2.05, 4.69) is 9.84 Å². The summed E-state index contributed by atoms with van der Waals surface area (Å²) < 4.78 is 4.38. The molecule has 5 heteroatoms. The van der Waals surface area contributed by atoms with E-state index in [1.165, 1.54) is 14.2 Å². The van der Waals surface area contributed by atoms with Crippen LogP contribution >= 0.6 is 0 Å². The molecule has 0 N–H and O–H groups in total. The Balaban J connectivity index is 2.71. The number of rotatable bonds is 1. The van der Waals surface area contributed by atoms with Crippen molar-refractivity contribution < 1.29 is 14.3 Å². The topological polar surface area (TPSA) is 59.0 Å². The Kier molecular flexibility index (Phi) is 1.89. The normalized spacial score (nSPS) is 16.7. The van der Waals surface area contributed by atoms with Gasteiger partial charge >= 0.3 is 5.97 Å². The lowest BCUT2D eigenvalue weighted by atomic mass is 10.3. The highest BCUT2D eigenvalue weighted by Gasteiger charge is 2.25. The Bertz CT molecular complexity index is 234. The SMILES string of the molecule is COC(=O)C1=NN(C)C(=O)C1. The molecule has 1 aliphatic rings. The quantitative estimate of drug-likeness (QED) is 0.475. The molecular weight excluding hydrogens is 148 g/mol. The van der Waals surface area contributed by atoms with Crippen LogP contribution in [0.3, 0.4) is 0 Å². The molecule has 1 amide bonds. The van der Waals surface area contributed by atoms with E-state index >= 15 is 0 Å². The van der Waals surface area contributed by atoms with Gasteiger partial charge < -0.3 is 4.74 Å². The largest absolute Gasteiger partial charge is 0.464 e. The maximum absolute atomic E-state index is 10.8. The molecule has 0 bridgehead atoms. The van der Waals surface area contributed by atoms with Gasteiger partial charge in [-0.05, 0) is 0 Å². The second-order valence-electron chi connectivity index (χ2n) is 2.13. The number of hydrogen-bond donors (Lipinski definition) is 0. The summed E-state index contributed by atoms with van der Waals surface area (Å²) in [5, 5.41) is 4.80. The molecule has 0 unspecified atom stereocenters. The van der Waals surface area contributed by atoms with E-state index in [-0.39, 0.29) is 18.0 Å². The molecule has 0 aromatic rings. The van der Waals surface area contributed by atoms with Crippen LogP contribution in [0.1, 0.15) is 6.42 Å². The fourth-order valence-corrected chi connectivity index (χ4v) is 0.761. The second kappa shape index (κ2) is 2.69. The molecule has 1 aliphatic heterocycles. The Morgan fingerprint density at radius 1 is 1.73 bits per heavy atom. The van der Waals surface area contributed by atoms with E-state index in [9.17, 15) is 9.59 Å². The maximum Gasteiger partial charge on any atom is 0.354 e. The highest BCUT2D eigenvalue weighted by Crippen LogP contribution is 2.05. The second-order valence-corrected chi connectivity index (χ2v) is 2.13. The Morgan fingerprint density at radius 2 is 2.36 bits per heavy atom. The Morgan fingerprint density at radius 3 is 2.73 bits per heavy atom. The van der Waals surface area contributed by atoms with Gasteiger partial charge in [-0.1, -0.05) is 0 Å². The van der Waals surface area contributed by atoms with Gasteiger partial charge in [0.15, 0.2) is 5.71 Å². The van der Waals surface area contributed by atoms with Crippen molar-refractivity contribution in [2.24, 2.45) is 5.10 Å². The summed E-state index contributed by atoms with van der Waals surface area (Å²) in [7, 11) is 2.76. The molecular formula is C6H8N2O3. The molecule has 11 heavy (non-hydrogen) atoms. The minimum absolute atomic E-state index is 0.0448. The lowest BCUT2D eigenvalue weighted by molar-refractivity contribution is -0.133. The van der Waals surface area contributed by atoms with E-state index in [1.54, 1.807) is 0 Å². The van der Waals surface area contributed by atoms with Crippen LogP contribution < -0.4 is 0 Å². The third-order valence-electron chi connectivity index (χ3n) is 1.37. The van der Waals surface area contributed by atoms with Gasteiger partial charge in [-0.3, -0.25) is 4.79 Å². The molecule has 0 saturated heterocycles. The van der Waals surface area contributed by atoms with Crippen molar-refractivity contribution >= 4 is 17.6 Å². The number of hydrogen-bond acceptors (Lipinski definition) is 4. The molecule has 0 saturated carbocycles. The first-order valence-electron chi connectivity index (χ1n) is 3.07. The first-order chi connectivity index (χ1) is 5.15. The molecule has 1 rings (SSSR count). The number of nitrogens with zero attached hydrogens (tertiary/aromatic N) is 2. The van der Waals surface area contributed by atoms with Crippen LogP contribution in [0, 0.1) is 0 Å². The third kappa shape index (κ3) is 1.36. The average molecular weight is 156 g/mol. The van der Waals surface area contributed by atoms with E-state index in [0.29, 0.717) is 0 Å². The summed E-state index contributed by atoms with van der Waals surface area (Å²) in [6.45, 7) is 0. The van der Waals surface area contributed by atoms with Crippen LogP contribution in [0.15, 0.2) is 5.10 Å². The van der Waals surface area contributed by atoms with Crippen LogP contribution in [0.25, 0.3) is 0 Å². The Labute approximate surface area is 63.6 Å². The lowest BCUT2D eigenvalue weighted by Gasteiger charge is -1.98. The van der Waals surface area contributed by atoms with Gasteiger partial charge in [-0.15, -0.1) is 0 Å². The molecule has 0 spiro atoms. The van der Waals surface area contributed by atoms with Gasteiger partial charge in [0.2, 0.25) is 5.91 Å². The highest BCUT2D eigenvalue weighted by atomic mass is 16.5. The molecule has 0 aromatic carbocycles. The van der Waals surface area contributed by atoms with Crippen LogP contribution in [0.4, 0.5) is 0 Å². The van der Waals surface area contributed by atoms with Gasteiger partial charge in [0, 0.05) is 7.05 Å². The van der Waals surface area contributed by atoms with Crippen molar-refractivity contribution in [1.29, 1.82) is 0 Å². The summed E-state index contributed by atoms with van der Waals surface area (Å²) in [4.78, 5) is 21.6. The van der Waals surface area contributed by atoms with Crippen molar-refractivity contribution in [3.05, 3.63) is 0 Å². The van der Waals surface area contributed by atoms with Gasteiger partial charge in [0.05, 0.1) is 13.5 Å². The van der Waals surface area contributed by atoms with Gasteiger partial charge in [0.1, 0.15) is 0 Å². The monoisotopic (exact) mass is 156 g/mol. The zero-order valence-corrected chi connectivity index (χ0v) is 6.33. The summed E-state index contributed by atoms with van der Waals surface area (Å²) >= 11 is 0. The predicted molar refractivity (Wildman–Crippen MR) is 36.8 cm³/mol. The van der Waals surface area contributed by atoms with Crippen LogP contribution in [0.2, 0.25) is 0 Å². The molecule has 0 aromatic heterocycles. The minimum atomic E-state index is -0.539. The molecule has 0 fully saturated rings. The van der Waals surface area contributed by atoms with E-state index in [0.717, 1.165) is 5.01 Å². The fourth-order valence-electron chi connectivity index (χ4n) is 0.761. The summed E-state index contributed by atoms with van der Waals surface area (Å²) in [5.41, 5.74) is 0.167. The number of hydrazone groups is 1. The van der Waals surface area contributed by atoms with Gasteiger partial charge in [-0.2, -0.15) is 5.10 Å². The summed E-state index contributed by atoms with van der Waals surface area (Å²) in [6, 6.07) is 0. The maximum atomic E-state index is 10.8. The zero-order valence-electron chi connectivity index (χ0n) is 6.33. The van der Waals surface area contributed by atoms with Crippen molar-refractivity contribution in [2.45, 2.75) is 6.42 Å². The smallest absolute Gasteiger partial charge is 0.354 e. The standard InChI is InChI=1S/C6H8N2O3/c1-8-5(9)3-4(7-8)6(10)11-2/h3H2,1-2H3. The van der Waals surface area contributed by atoms with Crippen LogP contribution in [-0.4, -0.2) is 36.8 Å². The number of methoxy groups -OCH3 is 1. The van der Waals surface area contributed by atoms with Crippen LogP contribution in [0.5, 0.6) is 0 Å². The first kappa shape index (κ1) is 7.71. The van der Waals surface area contributed by atoms with Gasteiger partial charge in [-0.25, -0.2) is 9.80 Å². The summed E-state index contributed by atoms with van der Waals surface area (Å²) in [6.07, 6.45) is 0.0448. The van der Waals surface area contributed by atoms with Crippen molar-refractivity contribution in [2.75, 3.05) is 14.2 Å². The third-order valence-corrected chi connectivity index (χ3v) is 1.37. The molecule has 1 heterocycles. The number of carbonyl (C=O) groups excluding carboxylic acids is 2. The predicted octanol–water partition coefficient (Wildman–Crippen LogP) is -0.623. The van der Waals surface area contributed by atoms with E-state index < -0.39 is 5.97 Å². The fraction of sp³-hybridized carbons (Fsp3) is 0.500. The molecule has 0 aliphatic carbocycles. The van der Waals surface area contributed by atoms with Crippen molar-refractivity contribution in [1.82, 2.24) is 5.01 Å². The lowest BCUT2D eigenvalue weighted by Crippen LogP contribution is -2.16. The number of carbonyl (C=O) groups is 2. The van der Waals surface area contributed by atoms with Crippen LogP contribution in [-0.2, 0) is 14.3 Å². The average Bonchev–Trinajstić information content (AvgIpc) is 2.31. The van der Waals surface area contributed by atoms with Crippen molar-refractivity contribution in [3.8, 4) is 0 Å². The minimum Gasteiger partial charge on any atom is -0.464 e. The molecule has 0 radical (unpaired) electrons. The summed E-state index contributed by atoms with van der Waals surface area (Å²) in [5.74, 6) is -0.729. The molecule has 0 atom stereocenters. The van der Waals surface area contributed by atoms with Crippen molar-refractivity contribution in [3.63, 3.8) is 0 Å². The molecule has 5 nitrogen and oxygen atoms in total. The number of esters is 1. The van der Waals surface area contributed by atoms with Gasteiger partial charge in [0.25, 0.3) is 0 Å².